The summed E-state index contributed by atoms with van der Waals surface area (Å²) in [5.74, 6) is -1.90. The molecule has 8 heteroatoms. The van der Waals surface area contributed by atoms with E-state index in [0.29, 0.717) is 24.2 Å². The molecule has 2 aromatic carbocycles. The summed E-state index contributed by atoms with van der Waals surface area (Å²) in [5, 5.41) is 17.2. The highest BCUT2D eigenvalue weighted by Crippen LogP contribution is 2.46. The van der Waals surface area contributed by atoms with Crippen molar-refractivity contribution in [2.75, 3.05) is 24.4 Å². The number of carbonyl (C=O) groups excluding carboxylic acids is 2. The van der Waals surface area contributed by atoms with Crippen molar-refractivity contribution in [3.8, 4) is 11.5 Å². The first-order chi connectivity index (χ1) is 15.3. The number of aromatic hydroxyl groups is 1. The number of allylic oxidation sites excluding steroid dienone is 1. The van der Waals surface area contributed by atoms with E-state index in [9.17, 15) is 14.7 Å². The third-order valence-electron chi connectivity index (χ3n) is 5.91. The molecule has 0 spiro atoms. The molecule has 1 aliphatic carbocycles. The predicted octanol–water partition coefficient (Wildman–Crippen LogP) is 4.68. The van der Waals surface area contributed by atoms with Gasteiger partial charge in [0.25, 0.3) is 0 Å². The normalized spacial score (nSPS) is 22.1. The van der Waals surface area contributed by atoms with Gasteiger partial charge in [-0.05, 0) is 49.1 Å². The first kappa shape index (κ1) is 22.0. The van der Waals surface area contributed by atoms with Gasteiger partial charge in [-0.1, -0.05) is 30.7 Å². The van der Waals surface area contributed by atoms with E-state index >= 15 is 0 Å². The van der Waals surface area contributed by atoms with Crippen molar-refractivity contribution < 1.29 is 24.2 Å². The first-order valence-corrected chi connectivity index (χ1v) is 10.9. The van der Waals surface area contributed by atoms with Crippen LogP contribution in [0.3, 0.4) is 0 Å². The number of phenols is 1. The van der Waals surface area contributed by atoms with Crippen molar-refractivity contribution in [1.29, 1.82) is 0 Å². The number of hydrogen-bond donors (Lipinski definition) is 3. The maximum atomic E-state index is 13.7. The number of esters is 1. The Hall–Kier alpha value is -3.19. The van der Waals surface area contributed by atoms with Crippen LogP contribution >= 0.6 is 11.6 Å². The molecule has 4 rings (SSSR count). The molecular weight excluding hydrogens is 432 g/mol. The summed E-state index contributed by atoms with van der Waals surface area (Å²) in [6, 6.07) is 10.3. The van der Waals surface area contributed by atoms with E-state index in [0.717, 1.165) is 17.1 Å². The van der Waals surface area contributed by atoms with Crippen LogP contribution in [0.25, 0.3) is 0 Å². The van der Waals surface area contributed by atoms with Crippen LogP contribution in [0.2, 0.25) is 5.02 Å². The molecule has 32 heavy (non-hydrogen) atoms. The summed E-state index contributed by atoms with van der Waals surface area (Å²) in [6.45, 7) is 4.01. The summed E-state index contributed by atoms with van der Waals surface area (Å²) in [5.41, 5.74) is 3.44. The van der Waals surface area contributed by atoms with Gasteiger partial charge in [0.1, 0.15) is 5.92 Å². The number of phenolic OH excluding ortho intramolecular Hbond substituents is 1. The third-order valence-corrected chi connectivity index (χ3v) is 6.20. The third kappa shape index (κ3) is 3.77. The Morgan fingerprint density at radius 3 is 2.66 bits per heavy atom. The highest BCUT2D eigenvalue weighted by Gasteiger charge is 2.44. The molecule has 0 bridgehead atoms. The van der Waals surface area contributed by atoms with Crippen LogP contribution in [0, 0.1) is 11.8 Å². The summed E-state index contributed by atoms with van der Waals surface area (Å²) in [6.07, 6.45) is 0.498. The van der Waals surface area contributed by atoms with Gasteiger partial charge in [0.2, 0.25) is 0 Å². The Morgan fingerprint density at radius 2 is 1.97 bits per heavy atom. The monoisotopic (exact) mass is 456 g/mol. The zero-order valence-electron chi connectivity index (χ0n) is 18.1. The lowest BCUT2D eigenvalue weighted by Crippen LogP contribution is -2.39. The fourth-order valence-corrected chi connectivity index (χ4v) is 4.63. The van der Waals surface area contributed by atoms with Crippen LogP contribution in [0.5, 0.6) is 11.5 Å². The van der Waals surface area contributed by atoms with Crippen LogP contribution in [0.15, 0.2) is 47.7 Å². The molecule has 1 aliphatic heterocycles. The van der Waals surface area contributed by atoms with E-state index in [2.05, 4.69) is 10.6 Å². The lowest BCUT2D eigenvalue weighted by Gasteiger charge is -2.32. The molecule has 0 unspecified atom stereocenters. The quantitative estimate of drug-likeness (QED) is 0.454. The van der Waals surface area contributed by atoms with Crippen LogP contribution in [-0.2, 0) is 14.3 Å². The molecule has 3 N–H and O–H groups in total. The molecule has 7 nitrogen and oxygen atoms in total. The number of ketones is 1. The zero-order chi connectivity index (χ0) is 23.0. The average molecular weight is 457 g/mol. The van der Waals surface area contributed by atoms with E-state index in [1.54, 1.807) is 19.1 Å². The van der Waals surface area contributed by atoms with Crippen molar-refractivity contribution in [1.82, 2.24) is 0 Å². The Morgan fingerprint density at radius 1 is 1.25 bits per heavy atom. The summed E-state index contributed by atoms with van der Waals surface area (Å²) < 4.78 is 10.5. The van der Waals surface area contributed by atoms with E-state index in [4.69, 9.17) is 21.1 Å². The highest BCUT2D eigenvalue weighted by molar-refractivity contribution is 6.32. The van der Waals surface area contributed by atoms with Crippen molar-refractivity contribution >= 4 is 34.7 Å². The lowest BCUT2D eigenvalue weighted by molar-refractivity contribution is -0.151. The smallest absolute Gasteiger partial charge is 0.316 e. The molecule has 0 aromatic heterocycles. The Balaban J connectivity index is 1.90. The van der Waals surface area contributed by atoms with Gasteiger partial charge in [-0.25, -0.2) is 0 Å². The second-order valence-corrected chi connectivity index (χ2v) is 8.38. The Kier molecular flexibility index (Phi) is 6.02. The van der Waals surface area contributed by atoms with Crippen molar-refractivity contribution in [2.24, 2.45) is 11.8 Å². The second kappa shape index (κ2) is 8.74. The molecule has 0 fully saturated rings. The number of fused-ring (bicyclic) bond motifs is 1. The largest absolute Gasteiger partial charge is 0.503 e. The summed E-state index contributed by atoms with van der Waals surface area (Å²) in [7, 11) is 1.29. The van der Waals surface area contributed by atoms with Gasteiger partial charge in [-0.3, -0.25) is 9.59 Å². The van der Waals surface area contributed by atoms with Crippen LogP contribution in [0.1, 0.15) is 31.9 Å². The summed E-state index contributed by atoms with van der Waals surface area (Å²) >= 11 is 6.30. The minimum Gasteiger partial charge on any atom is -0.503 e. The molecule has 0 radical (unpaired) electrons. The van der Waals surface area contributed by atoms with Crippen LogP contribution in [-0.4, -0.2) is 30.6 Å². The van der Waals surface area contributed by atoms with Gasteiger partial charge in [-0.15, -0.1) is 0 Å². The maximum Gasteiger partial charge on any atom is 0.316 e. The minimum atomic E-state index is -0.898. The van der Waals surface area contributed by atoms with Crippen molar-refractivity contribution in [2.45, 2.75) is 26.3 Å². The maximum absolute atomic E-state index is 13.7. The molecule has 1 heterocycles. The number of methoxy groups -OCH3 is 1. The molecular formula is C24H25ClN2O5. The molecule has 0 amide bonds. The molecule has 2 aromatic rings. The fourth-order valence-electron chi connectivity index (χ4n) is 4.41. The number of ether oxygens (including phenoxy) is 2. The van der Waals surface area contributed by atoms with Gasteiger partial charge < -0.3 is 25.2 Å². The van der Waals surface area contributed by atoms with Gasteiger partial charge in [0.15, 0.2) is 17.3 Å². The van der Waals surface area contributed by atoms with Gasteiger partial charge in [0.05, 0.1) is 36.2 Å². The molecule has 0 saturated heterocycles. The Bertz CT molecular complexity index is 1110. The van der Waals surface area contributed by atoms with E-state index in [-0.39, 0.29) is 28.2 Å². The number of halogens is 1. The average Bonchev–Trinajstić information content (AvgIpc) is 2.93. The number of nitrogens with one attached hydrogen (secondary N) is 2. The minimum absolute atomic E-state index is 0.113. The van der Waals surface area contributed by atoms with Crippen LogP contribution in [0.4, 0.5) is 11.4 Å². The highest BCUT2D eigenvalue weighted by atomic mass is 35.5. The van der Waals surface area contributed by atoms with Gasteiger partial charge in [-0.2, -0.15) is 0 Å². The van der Waals surface area contributed by atoms with Crippen molar-refractivity contribution in [3.63, 3.8) is 0 Å². The molecule has 2 aliphatic rings. The Labute approximate surface area is 191 Å². The van der Waals surface area contributed by atoms with Gasteiger partial charge >= 0.3 is 5.97 Å². The zero-order valence-corrected chi connectivity index (χ0v) is 18.8. The second-order valence-electron chi connectivity index (χ2n) is 7.97. The van der Waals surface area contributed by atoms with Gasteiger partial charge in [0, 0.05) is 11.3 Å². The van der Waals surface area contributed by atoms with E-state index in [1.807, 2.05) is 31.2 Å². The number of para-hydroxylation sites is 2. The number of Topliss-reactive ketones (excluding diaryl/α,β-unsaturated/α-hetero) is 1. The van der Waals surface area contributed by atoms with E-state index < -0.39 is 17.9 Å². The van der Waals surface area contributed by atoms with Crippen LogP contribution < -0.4 is 15.4 Å². The number of benzene rings is 2. The van der Waals surface area contributed by atoms with Crippen molar-refractivity contribution in [3.05, 3.63) is 58.3 Å². The number of hydrogen-bond acceptors (Lipinski definition) is 7. The molecule has 3 atom stereocenters. The number of carbonyl (C=O) groups is 2. The molecule has 0 saturated carbocycles. The standard InChI is InChI=1S/C24H25ClN2O5/c1-4-32-18-11-13(10-14(25)22(18)28)21-20-17(26-15-7-5-6-8-16(15)27-21)9-12(2)19(23(20)29)24(30)31-3/h5-8,10-12,19,21,26-28H,4,9H2,1-3H3/t12-,19+,21-/m0/s1. The SMILES string of the molecule is CCOc1cc([C@@H]2Nc3ccccc3NC3=C2C(=O)[C@H](C(=O)OC)[C@@H](C)C3)cc(Cl)c1O. The number of rotatable bonds is 4. The fraction of sp³-hybridized carbons (Fsp3) is 0.333. The topological polar surface area (TPSA) is 96.9 Å². The lowest BCUT2D eigenvalue weighted by atomic mass is 9.75. The number of anilines is 2. The predicted molar refractivity (Wildman–Crippen MR) is 122 cm³/mol. The first-order valence-electron chi connectivity index (χ1n) is 10.5. The summed E-state index contributed by atoms with van der Waals surface area (Å²) in [4.78, 5) is 26.1. The molecule has 168 valence electrons. The van der Waals surface area contributed by atoms with E-state index in [1.165, 1.54) is 7.11 Å².